The van der Waals surface area contributed by atoms with E-state index >= 15 is 0 Å². The lowest BCUT2D eigenvalue weighted by Crippen LogP contribution is -2.31. The number of amides is 1. The van der Waals surface area contributed by atoms with E-state index in [9.17, 15) is 14.7 Å². The number of halogens is 1. The van der Waals surface area contributed by atoms with Crippen LogP contribution in [0.2, 0.25) is 5.02 Å². The maximum Gasteiger partial charge on any atom is 0.290 e. The standard InChI is InChI=1S/C22H18ClN3O3S/c1-12-21(30-13(2)25-12)19(27)17-18(14-6-8-15(23)9-7-14)26(22(29)20(17)28)11-16-5-3-4-10-24-16/h3-10,18,28H,11H2,1-2H3. The van der Waals surface area contributed by atoms with Crippen LogP contribution in [-0.2, 0) is 11.3 Å². The summed E-state index contributed by atoms with van der Waals surface area (Å²) >= 11 is 7.28. The van der Waals surface area contributed by atoms with Crippen LogP contribution in [0.4, 0.5) is 0 Å². The monoisotopic (exact) mass is 439 g/mol. The molecule has 6 nitrogen and oxygen atoms in total. The molecule has 0 aliphatic carbocycles. The molecular weight excluding hydrogens is 422 g/mol. The fourth-order valence-corrected chi connectivity index (χ4v) is 4.57. The topological polar surface area (TPSA) is 83.4 Å². The van der Waals surface area contributed by atoms with Crippen molar-refractivity contribution in [1.82, 2.24) is 14.9 Å². The molecule has 1 amide bonds. The van der Waals surface area contributed by atoms with Crippen molar-refractivity contribution in [2.24, 2.45) is 0 Å². The van der Waals surface area contributed by atoms with E-state index in [2.05, 4.69) is 9.97 Å². The normalized spacial score (nSPS) is 16.4. The van der Waals surface area contributed by atoms with Crippen molar-refractivity contribution in [3.8, 4) is 0 Å². The Balaban J connectivity index is 1.81. The lowest BCUT2D eigenvalue weighted by molar-refractivity contribution is -0.130. The number of thiazole rings is 1. The SMILES string of the molecule is Cc1nc(C)c(C(=O)C2=C(O)C(=O)N(Cc3ccccn3)C2c2ccc(Cl)cc2)s1. The lowest BCUT2D eigenvalue weighted by atomic mass is 9.95. The first kappa shape index (κ1) is 20.3. The molecular formula is C22H18ClN3O3S. The summed E-state index contributed by atoms with van der Waals surface area (Å²) < 4.78 is 0. The molecule has 0 spiro atoms. The van der Waals surface area contributed by atoms with Crippen LogP contribution >= 0.6 is 22.9 Å². The molecule has 152 valence electrons. The van der Waals surface area contributed by atoms with Gasteiger partial charge >= 0.3 is 0 Å². The Hall–Kier alpha value is -3.03. The number of aliphatic hydroxyl groups excluding tert-OH is 1. The second-order valence-electron chi connectivity index (χ2n) is 6.95. The third kappa shape index (κ3) is 3.62. The fourth-order valence-electron chi connectivity index (χ4n) is 3.57. The van der Waals surface area contributed by atoms with E-state index in [0.717, 1.165) is 5.01 Å². The molecule has 1 aliphatic rings. The highest BCUT2D eigenvalue weighted by Crippen LogP contribution is 2.41. The number of hydrogen-bond acceptors (Lipinski definition) is 6. The quantitative estimate of drug-likeness (QED) is 0.588. The molecule has 1 N–H and O–H groups in total. The highest BCUT2D eigenvalue weighted by molar-refractivity contribution is 7.14. The van der Waals surface area contributed by atoms with E-state index in [-0.39, 0.29) is 12.1 Å². The summed E-state index contributed by atoms with van der Waals surface area (Å²) in [4.78, 5) is 36.9. The van der Waals surface area contributed by atoms with Crippen LogP contribution in [0.1, 0.15) is 37.7 Å². The maximum absolute atomic E-state index is 13.4. The molecule has 1 aromatic carbocycles. The Labute approximate surface area is 182 Å². The van der Waals surface area contributed by atoms with Crippen molar-refractivity contribution in [2.75, 3.05) is 0 Å². The van der Waals surface area contributed by atoms with E-state index in [1.807, 2.05) is 13.0 Å². The Bertz CT molecular complexity index is 1160. The number of hydrogen-bond donors (Lipinski definition) is 1. The van der Waals surface area contributed by atoms with Crippen LogP contribution in [0.3, 0.4) is 0 Å². The van der Waals surface area contributed by atoms with Crippen molar-refractivity contribution in [1.29, 1.82) is 0 Å². The van der Waals surface area contributed by atoms with E-state index < -0.39 is 23.5 Å². The van der Waals surface area contributed by atoms with Gasteiger partial charge in [-0.25, -0.2) is 4.98 Å². The average molecular weight is 440 g/mol. The van der Waals surface area contributed by atoms with Crippen molar-refractivity contribution >= 4 is 34.6 Å². The third-order valence-corrected chi connectivity index (χ3v) is 6.23. The van der Waals surface area contributed by atoms with Gasteiger partial charge in [0, 0.05) is 11.2 Å². The average Bonchev–Trinajstić information content (AvgIpc) is 3.20. The van der Waals surface area contributed by atoms with Crippen LogP contribution in [0.5, 0.6) is 0 Å². The number of Topliss-reactive ketones (excluding diaryl/α,β-unsaturated/α-hetero) is 1. The molecule has 1 unspecified atom stereocenters. The molecule has 0 saturated heterocycles. The largest absolute Gasteiger partial charge is 0.503 e. The van der Waals surface area contributed by atoms with Crippen molar-refractivity contribution < 1.29 is 14.7 Å². The number of carbonyl (C=O) groups is 2. The highest BCUT2D eigenvalue weighted by Gasteiger charge is 2.44. The van der Waals surface area contributed by atoms with Gasteiger partial charge in [-0.2, -0.15) is 0 Å². The fraction of sp³-hybridized carbons (Fsp3) is 0.182. The number of carbonyl (C=O) groups excluding carboxylic acids is 2. The van der Waals surface area contributed by atoms with E-state index in [1.54, 1.807) is 49.5 Å². The van der Waals surface area contributed by atoms with Gasteiger partial charge in [0.15, 0.2) is 5.76 Å². The van der Waals surface area contributed by atoms with Crippen LogP contribution in [0.25, 0.3) is 0 Å². The second kappa shape index (κ2) is 8.01. The number of nitrogens with zero attached hydrogens (tertiary/aromatic N) is 3. The van der Waals surface area contributed by atoms with Crippen molar-refractivity contribution in [3.05, 3.63) is 91.9 Å². The molecule has 8 heteroatoms. The summed E-state index contributed by atoms with van der Waals surface area (Å²) in [6, 6.07) is 11.5. The molecule has 1 atom stereocenters. The van der Waals surface area contributed by atoms with Crippen molar-refractivity contribution in [3.63, 3.8) is 0 Å². The van der Waals surface area contributed by atoms with Crippen LogP contribution in [0.15, 0.2) is 60.0 Å². The summed E-state index contributed by atoms with van der Waals surface area (Å²) in [6.45, 7) is 3.70. The first-order chi connectivity index (χ1) is 14.4. The van der Waals surface area contributed by atoms with Gasteiger partial charge in [-0.3, -0.25) is 14.6 Å². The smallest absolute Gasteiger partial charge is 0.290 e. The highest BCUT2D eigenvalue weighted by atomic mass is 35.5. The zero-order valence-corrected chi connectivity index (χ0v) is 17.9. The molecule has 0 fully saturated rings. The molecule has 30 heavy (non-hydrogen) atoms. The predicted molar refractivity (Wildman–Crippen MR) is 115 cm³/mol. The lowest BCUT2D eigenvalue weighted by Gasteiger charge is -2.26. The van der Waals surface area contributed by atoms with Gasteiger partial charge in [0.25, 0.3) is 5.91 Å². The van der Waals surface area contributed by atoms with Gasteiger partial charge in [-0.15, -0.1) is 11.3 Å². The number of pyridine rings is 1. The summed E-state index contributed by atoms with van der Waals surface area (Å²) in [5.41, 5.74) is 1.95. The second-order valence-corrected chi connectivity index (χ2v) is 8.59. The van der Waals surface area contributed by atoms with Crippen LogP contribution in [-0.4, -0.2) is 31.7 Å². The molecule has 3 heterocycles. The molecule has 1 aliphatic heterocycles. The van der Waals surface area contributed by atoms with E-state index in [0.29, 0.717) is 26.9 Å². The Kier molecular flexibility index (Phi) is 5.40. The van der Waals surface area contributed by atoms with Crippen LogP contribution < -0.4 is 0 Å². The molecule has 4 rings (SSSR count). The summed E-state index contributed by atoms with van der Waals surface area (Å²) in [5, 5.41) is 12.0. The molecule has 0 saturated carbocycles. The first-order valence-corrected chi connectivity index (χ1v) is 10.4. The Morgan fingerprint density at radius 2 is 1.93 bits per heavy atom. The third-order valence-electron chi connectivity index (χ3n) is 4.90. The predicted octanol–water partition coefficient (Wildman–Crippen LogP) is 4.59. The van der Waals surface area contributed by atoms with Crippen LogP contribution in [0, 0.1) is 13.8 Å². The summed E-state index contributed by atoms with van der Waals surface area (Å²) in [5.74, 6) is -1.54. The summed E-state index contributed by atoms with van der Waals surface area (Å²) in [7, 11) is 0. The number of aromatic nitrogens is 2. The minimum Gasteiger partial charge on any atom is -0.503 e. The van der Waals surface area contributed by atoms with Gasteiger partial charge in [-0.1, -0.05) is 29.8 Å². The Morgan fingerprint density at radius 3 is 2.53 bits per heavy atom. The number of benzene rings is 1. The number of aliphatic hydroxyl groups is 1. The molecule has 2 aromatic heterocycles. The van der Waals surface area contributed by atoms with E-state index in [4.69, 9.17) is 11.6 Å². The van der Waals surface area contributed by atoms with Gasteiger partial charge in [0.1, 0.15) is 0 Å². The van der Waals surface area contributed by atoms with E-state index in [1.165, 1.54) is 16.2 Å². The number of ketones is 1. The number of aryl methyl sites for hydroxylation is 2. The minimum absolute atomic E-state index is 0.0463. The molecule has 3 aromatic rings. The first-order valence-electron chi connectivity index (χ1n) is 9.25. The molecule has 0 bridgehead atoms. The maximum atomic E-state index is 13.4. The molecule has 0 radical (unpaired) electrons. The zero-order valence-electron chi connectivity index (χ0n) is 16.3. The van der Waals surface area contributed by atoms with Gasteiger partial charge in [-0.05, 0) is 43.7 Å². The summed E-state index contributed by atoms with van der Waals surface area (Å²) in [6.07, 6.45) is 1.63. The van der Waals surface area contributed by atoms with Gasteiger partial charge in [0.2, 0.25) is 5.78 Å². The van der Waals surface area contributed by atoms with Gasteiger partial charge in [0.05, 0.1) is 39.4 Å². The number of rotatable bonds is 5. The Morgan fingerprint density at radius 1 is 1.20 bits per heavy atom. The van der Waals surface area contributed by atoms with Crippen molar-refractivity contribution in [2.45, 2.75) is 26.4 Å². The minimum atomic E-state index is -0.758. The van der Waals surface area contributed by atoms with Gasteiger partial charge < -0.3 is 10.0 Å². The zero-order chi connectivity index (χ0) is 21.4.